The van der Waals surface area contributed by atoms with Crippen LogP contribution >= 0.6 is 0 Å². The third kappa shape index (κ3) is 4.27. The van der Waals surface area contributed by atoms with Crippen molar-refractivity contribution in [2.75, 3.05) is 6.54 Å². The highest BCUT2D eigenvalue weighted by molar-refractivity contribution is 5.76. The number of halogens is 1. The van der Waals surface area contributed by atoms with Gasteiger partial charge in [-0.25, -0.2) is 4.39 Å². The highest BCUT2D eigenvalue weighted by atomic mass is 19.1. The lowest BCUT2D eigenvalue weighted by atomic mass is 9.71. The van der Waals surface area contributed by atoms with E-state index in [1.165, 1.54) is 12.5 Å². The molecule has 1 fully saturated rings. The Labute approximate surface area is 130 Å². The number of carbonyl (C=O) groups is 1. The van der Waals surface area contributed by atoms with Crippen LogP contribution in [0.15, 0.2) is 18.2 Å². The van der Waals surface area contributed by atoms with Crippen molar-refractivity contribution in [1.82, 2.24) is 5.32 Å². The summed E-state index contributed by atoms with van der Waals surface area (Å²) >= 11 is 0. The Morgan fingerprint density at radius 2 is 2.05 bits per heavy atom. The van der Waals surface area contributed by atoms with Gasteiger partial charge in [0.1, 0.15) is 5.82 Å². The molecule has 0 saturated heterocycles. The predicted molar refractivity (Wildman–Crippen MR) is 83.4 cm³/mol. The first-order chi connectivity index (χ1) is 10.6. The maximum atomic E-state index is 13.6. The Bertz CT molecular complexity index is 513. The van der Waals surface area contributed by atoms with Gasteiger partial charge in [-0.3, -0.25) is 4.79 Å². The van der Waals surface area contributed by atoms with E-state index in [9.17, 15) is 9.18 Å². The van der Waals surface area contributed by atoms with E-state index in [1.807, 2.05) is 0 Å². The van der Waals surface area contributed by atoms with Crippen LogP contribution in [0, 0.1) is 11.2 Å². The summed E-state index contributed by atoms with van der Waals surface area (Å²) in [4.78, 5) is 12.2. The summed E-state index contributed by atoms with van der Waals surface area (Å²) in [6, 6.07) is 4.61. The molecule has 1 aromatic carbocycles. The lowest BCUT2D eigenvalue weighted by Crippen LogP contribution is -2.38. The molecule has 5 heteroatoms. The molecule has 4 N–H and O–H groups in total. The molecule has 0 heterocycles. The molecule has 0 unspecified atom stereocenters. The Morgan fingerprint density at radius 3 is 2.64 bits per heavy atom. The summed E-state index contributed by atoms with van der Waals surface area (Å²) in [5, 5.41) is 11.8. The van der Waals surface area contributed by atoms with E-state index in [0.717, 1.165) is 25.7 Å². The third-order valence-electron chi connectivity index (χ3n) is 4.66. The molecule has 0 aromatic heterocycles. The number of nitrogens with two attached hydrogens (primary N) is 1. The number of carbonyl (C=O) groups excluding carboxylic acids is 1. The van der Waals surface area contributed by atoms with Crippen LogP contribution in [0.2, 0.25) is 0 Å². The molecule has 2 rings (SSSR count). The fourth-order valence-corrected chi connectivity index (χ4v) is 3.19. The molecule has 1 aromatic rings. The first kappa shape index (κ1) is 16.9. The second-order valence-electron chi connectivity index (χ2n) is 6.30. The average molecular weight is 308 g/mol. The van der Waals surface area contributed by atoms with Gasteiger partial charge in [-0.2, -0.15) is 0 Å². The Hall–Kier alpha value is -1.46. The SMILES string of the molecule is NCC1(CC(=O)NCc2ccc(CO)c(F)c2)CCCCC1. The van der Waals surface area contributed by atoms with Gasteiger partial charge in [-0.05, 0) is 36.4 Å². The number of nitrogens with one attached hydrogen (secondary N) is 1. The summed E-state index contributed by atoms with van der Waals surface area (Å²) in [5.41, 5.74) is 6.78. The number of hydrogen-bond donors (Lipinski definition) is 3. The average Bonchev–Trinajstić information content (AvgIpc) is 2.54. The van der Waals surface area contributed by atoms with E-state index in [1.54, 1.807) is 12.1 Å². The van der Waals surface area contributed by atoms with Crippen molar-refractivity contribution in [2.24, 2.45) is 11.1 Å². The van der Waals surface area contributed by atoms with Crippen LogP contribution < -0.4 is 11.1 Å². The summed E-state index contributed by atoms with van der Waals surface area (Å²) in [6.45, 7) is 0.514. The Balaban J connectivity index is 1.88. The number of benzene rings is 1. The molecule has 1 aliphatic rings. The van der Waals surface area contributed by atoms with Gasteiger partial charge in [0.15, 0.2) is 0 Å². The molecule has 1 amide bonds. The number of aliphatic hydroxyl groups excluding tert-OH is 1. The summed E-state index contributed by atoms with van der Waals surface area (Å²) in [6.07, 6.45) is 5.96. The van der Waals surface area contributed by atoms with Crippen LogP contribution in [-0.4, -0.2) is 17.6 Å². The van der Waals surface area contributed by atoms with Crippen LogP contribution in [0.25, 0.3) is 0 Å². The summed E-state index contributed by atoms with van der Waals surface area (Å²) in [7, 11) is 0. The van der Waals surface area contributed by atoms with Crippen LogP contribution in [0.3, 0.4) is 0 Å². The highest BCUT2D eigenvalue weighted by Gasteiger charge is 2.32. The van der Waals surface area contributed by atoms with E-state index >= 15 is 0 Å². The van der Waals surface area contributed by atoms with E-state index < -0.39 is 5.82 Å². The minimum Gasteiger partial charge on any atom is -0.392 e. The largest absolute Gasteiger partial charge is 0.392 e. The molecule has 0 atom stereocenters. The monoisotopic (exact) mass is 308 g/mol. The van der Waals surface area contributed by atoms with Gasteiger partial charge >= 0.3 is 0 Å². The van der Waals surface area contributed by atoms with Gasteiger partial charge in [0.2, 0.25) is 5.91 Å². The van der Waals surface area contributed by atoms with Gasteiger partial charge in [0.05, 0.1) is 6.61 Å². The fourth-order valence-electron chi connectivity index (χ4n) is 3.19. The lowest BCUT2D eigenvalue weighted by Gasteiger charge is -2.35. The number of rotatable bonds is 6. The van der Waals surface area contributed by atoms with Gasteiger partial charge in [0, 0.05) is 18.5 Å². The van der Waals surface area contributed by atoms with Gasteiger partial charge in [-0.1, -0.05) is 31.4 Å². The zero-order valence-corrected chi connectivity index (χ0v) is 12.9. The first-order valence-electron chi connectivity index (χ1n) is 7.93. The standard InChI is InChI=1S/C17H25FN2O2/c18-15-8-13(4-5-14(15)11-21)10-20-16(22)9-17(12-19)6-2-1-3-7-17/h4-5,8,21H,1-3,6-7,9-12,19H2,(H,20,22). The predicted octanol–water partition coefficient (Wildman–Crippen LogP) is 2.23. The normalized spacial score (nSPS) is 17.2. The zero-order chi connectivity index (χ0) is 16.0. The molecule has 4 nitrogen and oxygen atoms in total. The summed E-state index contributed by atoms with van der Waals surface area (Å²) in [5.74, 6) is -0.473. The number of aliphatic hydroxyl groups is 1. The molecule has 1 saturated carbocycles. The van der Waals surface area contributed by atoms with Crippen molar-refractivity contribution in [1.29, 1.82) is 0 Å². The van der Waals surface area contributed by atoms with Crippen molar-refractivity contribution in [2.45, 2.75) is 51.7 Å². The molecule has 22 heavy (non-hydrogen) atoms. The second kappa shape index (κ2) is 7.70. The van der Waals surface area contributed by atoms with Crippen molar-refractivity contribution < 1.29 is 14.3 Å². The molecular formula is C17H25FN2O2. The molecule has 1 aliphatic carbocycles. The van der Waals surface area contributed by atoms with Crippen LogP contribution in [0.1, 0.15) is 49.7 Å². The van der Waals surface area contributed by atoms with Crippen LogP contribution in [0.4, 0.5) is 4.39 Å². The highest BCUT2D eigenvalue weighted by Crippen LogP contribution is 2.38. The zero-order valence-electron chi connectivity index (χ0n) is 12.9. The smallest absolute Gasteiger partial charge is 0.220 e. The van der Waals surface area contributed by atoms with Gasteiger partial charge in [-0.15, -0.1) is 0 Å². The van der Waals surface area contributed by atoms with Crippen molar-refractivity contribution in [3.63, 3.8) is 0 Å². The molecule has 0 radical (unpaired) electrons. The van der Waals surface area contributed by atoms with Crippen molar-refractivity contribution in [3.05, 3.63) is 35.1 Å². The fraction of sp³-hybridized carbons (Fsp3) is 0.588. The Kier molecular flexibility index (Phi) is 5.91. The van der Waals surface area contributed by atoms with Gasteiger partial charge in [0.25, 0.3) is 0 Å². The van der Waals surface area contributed by atoms with E-state index in [-0.39, 0.29) is 23.5 Å². The van der Waals surface area contributed by atoms with Crippen molar-refractivity contribution in [3.8, 4) is 0 Å². The molecule has 0 aliphatic heterocycles. The minimum atomic E-state index is -0.444. The van der Waals surface area contributed by atoms with Crippen molar-refractivity contribution >= 4 is 5.91 Å². The maximum Gasteiger partial charge on any atom is 0.220 e. The third-order valence-corrected chi connectivity index (χ3v) is 4.66. The van der Waals surface area contributed by atoms with E-state index in [0.29, 0.717) is 25.1 Å². The minimum absolute atomic E-state index is 0.0287. The number of hydrogen-bond acceptors (Lipinski definition) is 3. The Morgan fingerprint density at radius 1 is 1.32 bits per heavy atom. The topological polar surface area (TPSA) is 75.4 Å². The van der Waals surface area contributed by atoms with E-state index in [2.05, 4.69) is 5.32 Å². The molecule has 0 bridgehead atoms. The first-order valence-corrected chi connectivity index (χ1v) is 7.93. The van der Waals surface area contributed by atoms with Crippen LogP contribution in [0.5, 0.6) is 0 Å². The quantitative estimate of drug-likeness (QED) is 0.754. The molecule has 0 spiro atoms. The van der Waals surface area contributed by atoms with E-state index in [4.69, 9.17) is 10.8 Å². The maximum absolute atomic E-state index is 13.6. The lowest BCUT2D eigenvalue weighted by molar-refractivity contribution is -0.124. The molecule has 122 valence electrons. The second-order valence-corrected chi connectivity index (χ2v) is 6.30. The van der Waals surface area contributed by atoms with Gasteiger partial charge < -0.3 is 16.2 Å². The number of amides is 1. The van der Waals surface area contributed by atoms with Crippen LogP contribution in [-0.2, 0) is 17.9 Å². The molecular weight excluding hydrogens is 283 g/mol. The summed E-state index contributed by atoms with van der Waals surface area (Å²) < 4.78 is 13.6.